The van der Waals surface area contributed by atoms with E-state index >= 15 is 0 Å². The topological polar surface area (TPSA) is 150 Å². The van der Waals surface area contributed by atoms with Crippen molar-refractivity contribution in [1.82, 2.24) is 0 Å². The molecule has 0 heterocycles. The maximum Gasteiger partial charge on any atom is 3.00 e. The zero-order valence-corrected chi connectivity index (χ0v) is 9.78. The summed E-state index contributed by atoms with van der Waals surface area (Å²) in [5.41, 5.74) is 0. The van der Waals surface area contributed by atoms with Crippen LogP contribution in [0.3, 0.4) is 0 Å². The smallest absolute Gasteiger partial charge is 0.870 e. The molecular formula is H5InO5Zn. The van der Waals surface area contributed by atoms with E-state index < -0.39 is 0 Å². The van der Waals surface area contributed by atoms with Gasteiger partial charge in [-0.2, -0.15) is 0 Å². The molecule has 5 nitrogen and oxygen atoms in total. The third kappa shape index (κ3) is 122. The van der Waals surface area contributed by atoms with Crippen molar-refractivity contribution in [1.29, 1.82) is 0 Å². The Bertz CT molecular complexity index is 8.04. The van der Waals surface area contributed by atoms with Gasteiger partial charge in [-0.1, -0.05) is 0 Å². The summed E-state index contributed by atoms with van der Waals surface area (Å²) in [4.78, 5) is 0. The second-order valence-electron chi connectivity index (χ2n) is 0. The molecule has 0 aliphatic carbocycles. The van der Waals surface area contributed by atoms with E-state index in [0.29, 0.717) is 0 Å². The van der Waals surface area contributed by atoms with Crippen molar-refractivity contribution >= 4 is 25.8 Å². The molecule has 0 aromatic heterocycles. The van der Waals surface area contributed by atoms with Crippen LogP contribution in [-0.4, -0.2) is 53.2 Å². The molecule has 0 bridgehead atoms. The van der Waals surface area contributed by atoms with Crippen LogP contribution in [0.25, 0.3) is 0 Å². The SMILES string of the molecule is [In+3].[OH-].[OH-].[OH-].[OH-].[OH-].[Zn+2]. The Kier molecular flexibility index (Phi) is 6500. The summed E-state index contributed by atoms with van der Waals surface area (Å²) in [5.74, 6) is 0. The molecule has 0 aromatic carbocycles. The Morgan fingerprint density at radius 3 is 0.429 bits per heavy atom. The fourth-order valence-corrected chi connectivity index (χ4v) is 0. The van der Waals surface area contributed by atoms with E-state index in [1.54, 1.807) is 0 Å². The fourth-order valence-electron chi connectivity index (χ4n) is 0. The Morgan fingerprint density at radius 2 is 0.429 bits per heavy atom. The van der Waals surface area contributed by atoms with Gasteiger partial charge in [-0.25, -0.2) is 0 Å². The Labute approximate surface area is 72.6 Å². The van der Waals surface area contributed by atoms with Gasteiger partial charge in [-0.05, 0) is 0 Å². The van der Waals surface area contributed by atoms with Crippen LogP contribution >= 0.6 is 0 Å². The van der Waals surface area contributed by atoms with Crippen molar-refractivity contribution in [2.45, 2.75) is 0 Å². The molecule has 0 unspecified atom stereocenters. The van der Waals surface area contributed by atoms with Gasteiger partial charge in [-0.3, -0.25) is 0 Å². The van der Waals surface area contributed by atoms with Gasteiger partial charge in [0.25, 0.3) is 0 Å². The molecule has 0 amide bonds. The van der Waals surface area contributed by atoms with Crippen molar-refractivity contribution < 1.29 is 46.9 Å². The minimum atomic E-state index is 0. The van der Waals surface area contributed by atoms with E-state index in [1.165, 1.54) is 0 Å². The van der Waals surface area contributed by atoms with E-state index in [-0.39, 0.29) is 72.7 Å². The molecule has 5 N–H and O–H groups in total. The van der Waals surface area contributed by atoms with Gasteiger partial charge in [0.1, 0.15) is 0 Å². The molecule has 0 radical (unpaired) electrons. The van der Waals surface area contributed by atoms with Gasteiger partial charge >= 0.3 is 45.3 Å². The monoisotopic (exact) mass is 264 g/mol. The largest absolute Gasteiger partial charge is 3.00 e. The van der Waals surface area contributed by atoms with Crippen molar-refractivity contribution in [2.75, 3.05) is 0 Å². The Balaban J connectivity index is 0. The molecule has 0 saturated heterocycles. The molecule has 0 rings (SSSR count). The Hall–Kier alpha value is 1.29. The average Bonchev–Trinajstić information content (AvgIpc) is 0. The molecule has 40 valence electrons. The van der Waals surface area contributed by atoms with Crippen LogP contribution in [0.2, 0.25) is 0 Å². The van der Waals surface area contributed by atoms with E-state index in [2.05, 4.69) is 0 Å². The second kappa shape index (κ2) is 173. The maximum atomic E-state index is 0. The molecular weight excluding hydrogens is 260 g/mol. The standard InChI is InChI=1S/In.5H2O.Zn/h;5*1H2;/q+3;;;;;;+2/p-5. The molecule has 0 aromatic rings. The summed E-state index contributed by atoms with van der Waals surface area (Å²) in [6.45, 7) is 0. The van der Waals surface area contributed by atoms with Crippen LogP contribution in [-0.2, 0) is 19.5 Å². The molecule has 0 spiro atoms. The van der Waals surface area contributed by atoms with Crippen molar-refractivity contribution in [3.63, 3.8) is 0 Å². The predicted octanol–water partition coefficient (Wildman–Crippen LogP) is -1.27. The van der Waals surface area contributed by atoms with Crippen molar-refractivity contribution in [2.24, 2.45) is 0 Å². The van der Waals surface area contributed by atoms with E-state index in [1.807, 2.05) is 0 Å². The van der Waals surface area contributed by atoms with Gasteiger partial charge in [0, 0.05) is 0 Å². The zero-order valence-electron chi connectivity index (χ0n) is 3.52. The molecule has 0 aliphatic heterocycles. The number of hydrogen-bond donors (Lipinski definition) is 0. The number of rotatable bonds is 0. The van der Waals surface area contributed by atoms with E-state index in [0.717, 1.165) is 0 Å². The van der Waals surface area contributed by atoms with E-state index in [9.17, 15) is 0 Å². The molecule has 7 heteroatoms. The summed E-state index contributed by atoms with van der Waals surface area (Å²) in [7, 11) is 0. The van der Waals surface area contributed by atoms with Crippen LogP contribution in [0.5, 0.6) is 0 Å². The molecule has 0 aliphatic rings. The molecule has 7 heavy (non-hydrogen) atoms. The second-order valence-corrected chi connectivity index (χ2v) is 0. The summed E-state index contributed by atoms with van der Waals surface area (Å²) in [6.07, 6.45) is 0. The first-order valence-corrected chi connectivity index (χ1v) is 0. The van der Waals surface area contributed by atoms with Gasteiger partial charge in [0.2, 0.25) is 0 Å². The minimum Gasteiger partial charge on any atom is -0.870 e. The summed E-state index contributed by atoms with van der Waals surface area (Å²) in [6, 6.07) is 0. The third-order valence-corrected chi connectivity index (χ3v) is 0. The van der Waals surface area contributed by atoms with Gasteiger partial charge in [-0.15, -0.1) is 0 Å². The molecule has 0 fully saturated rings. The quantitative estimate of drug-likeness (QED) is 0.500. The van der Waals surface area contributed by atoms with Crippen molar-refractivity contribution in [3.8, 4) is 0 Å². The first-order chi connectivity index (χ1) is 0. The van der Waals surface area contributed by atoms with Crippen LogP contribution < -0.4 is 0 Å². The minimum absolute atomic E-state index is 0. The van der Waals surface area contributed by atoms with E-state index in [4.69, 9.17) is 0 Å². The summed E-state index contributed by atoms with van der Waals surface area (Å²) < 4.78 is 0. The van der Waals surface area contributed by atoms with Gasteiger partial charge in [0.15, 0.2) is 0 Å². The molecule has 0 saturated carbocycles. The fraction of sp³-hybridized carbons (Fsp3) is 0. The third-order valence-electron chi connectivity index (χ3n) is 0. The van der Waals surface area contributed by atoms with Crippen LogP contribution in [0, 0.1) is 0 Å². The van der Waals surface area contributed by atoms with Crippen LogP contribution in [0.4, 0.5) is 0 Å². The predicted molar refractivity (Wildman–Crippen MR) is 15.4 cm³/mol. The first-order valence-electron chi connectivity index (χ1n) is 0. The average molecular weight is 265 g/mol. The van der Waals surface area contributed by atoms with Crippen LogP contribution in [0.1, 0.15) is 0 Å². The Morgan fingerprint density at radius 1 is 0.429 bits per heavy atom. The summed E-state index contributed by atoms with van der Waals surface area (Å²) in [5, 5.41) is 0. The van der Waals surface area contributed by atoms with Gasteiger partial charge in [0.05, 0.1) is 0 Å². The normalized spacial score (nSPS) is 0. The number of hydrogen-bond acceptors (Lipinski definition) is 5. The first kappa shape index (κ1) is 264. The van der Waals surface area contributed by atoms with Crippen LogP contribution in [0.15, 0.2) is 0 Å². The maximum absolute atomic E-state index is 0. The van der Waals surface area contributed by atoms with Crippen molar-refractivity contribution in [3.05, 3.63) is 0 Å². The van der Waals surface area contributed by atoms with Gasteiger partial charge < -0.3 is 27.4 Å². The summed E-state index contributed by atoms with van der Waals surface area (Å²) >= 11 is 0. The molecule has 0 atom stereocenters. The zero-order chi connectivity index (χ0) is 0.